The quantitative estimate of drug-likeness (QED) is 0.735. The average molecular weight is 347 g/mol. The van der Waals surface area contributed by atoms with Gasteiger partial charge in [0.1, 0.15) is 5.82 Å². The lowest BCUT2D eigenvalue weighted by Crippen LogP contribution is -2.15. The molecule has 0 atom stereocenters. The largest absolute Gasteiger partial charge is 0.465 e. The average Bonchev–Trinajstić information content (AvgIpc) is 3.04. The number of hydrogen-bond donors (Lipinski definition) is 1. The Balaban J connectivity index is 1.89. The molecule has 0 amide bonds. The number of carbonyl (C=O) groups is 1. The van der Waals surface area contributed by atoms with Gasteiger partial charge in [-0.1, -0.05) is 0 Å². The number of benzene rings is 1. The number of carbonyl (C=O) groups excluding carboxylic acids is 1. The Morgan fingerprint density at radius 1 is 1.42 bits per heavy atom. The third-order valence-corrected chi connectivity index (χ3v) is 4.34. The summed E-state index contributed by atoms with van der Waals surface area (Å²) in [7, 11) is 1.24. The van der Waals surface area contributed by atoms with E-state index >= 15 is 0 Å². The first kappa shape index (κ1) is 16.1. The molecule has 3 rings (SSSR count). The van der Waals surface area contributed by atoms with E-state index in [4.69, 9.17) is 0 Å². The van der Waals surface area contributed by atoms with Crippen molar-refractivity contribution >= 4 is 28.0 Å². The van der Waals surface area contributed by atoms with E-state index in [2.05, 4.69) is 15.0 Å². The van der Waals surface area contributed by atoms with E-state index < -0.39 is 11.8 Å². The second-order valence-corrected chi connectivity index (χ2v) is 5.99. The maximum atomic E-state index is 14.0. The minimum atomic E-state index is -0.617. The molecule has 8 heteroatoms. The first-order chi connectivity index (χ1) is 11.5. The minimum Gasteiger partial charge on any atom is -0.465 e. The number of thiazole rings is 1. The molecule has 0 bridgehead atoms. The number of aromatic nitrogens is 2. The normalized spacial score (nSPS) is 10.8. The topological polar surface area (TPSA) is 72.7 Å². The van der Waals surface area contributed by atoms with Gasteiger partial charge >= 0.3 is 5.97 Å². The second kappa shape index (κ2) is 6.40. The molecule has 0 aliphatic heterocycles. The number of fused-ring (bicyclic) bond motifs is 1. The van der Waals surface area contributed by atoms with Gasteiger partial charge in [-0.05, 0) is 19.1 Å². The first-order valence-corrected chi connectivity index (χ1v) is 7.95. The number of nitrogens with zero attached hydrogens (tertiary/aromatic N) is 2. The molecule has 0 aliphatic rings. The molecule has 0 unspecified atom stereocenters. The van der Waals surface area contributed by atoms with Crippen molar-refractivity contribution in [1.82, 2.24) is 9.38 Å². The van der Waals surface area contributed by atoms with E-state index in [1.165, 1.54) is 35.0 Å². The zero-order chi connectivity index (χ0) is 17.3. The molecule has 2 heterocycles. The van der Waals surface area contributed by atoms with Gasteiger partial charge < -0.3 is 10.1 Å². The van der Waals surface area contributed by atoms with E-state index in [0.29, 0.717) is 21.9 Å². The highest BCUT2D eigenvalue weighted by molar-refractivity contribution is 7.15. The molecule has 0 saturated heterocycles. The number of rotatable bonds is 4. The zero-order valence-electron chi connectivity index (χ0n) is 13.0. The Morgan fingerprint density at radius 3 is 2.96 bits per heavy atom. The number of ether oxygens (including phenoxy) is 1. The molecular weight excluding hydrogens is 333 g/mol. The van der Waals surface area contributed by atoms with Gasteiger partial charge in [-0.2, -0.15) is 0 Å². The third kappa shape index (κ3) is 3.00. The molecule has 0 radical (unpaired) electrons. The standard InChI is InChI=1S/C16H14FN3O3S/c1-9-12(17)5-10(15(22)23-2)6-13(9)18-8-11-7-14(21)20-3-4-24-16(20)19-11/h3-7,18H,8H2,1-2H3. The Labute approximate surface area is 140 Å². The number of methoxy groups -OCH3 is 1. The number of halogens is 1. The van der Waals surface area contributed by atoms with Crippen molar-refractivity contribution in [3.8, 4) is 0 Å². The predicted octanol–water partition coefficient (Wildman–Crippen LogP) is 2.60. The van der Waals surface area contributed by atoms with Crippen molar-refractivity contribution in [2.24, 2.45) is 0 Å². The lowest BCUT2D eigenvalue weighted by Gasteiger charge is -2.12. The predicted molar refractivity (Wildman–Crippen MR) is 89.1 cm³/mol. The van der Waals surface area contributed by atoms with Crippen LogP contribution in [0.15, 0.2) is 34.6 Å². The highest BCUT2D eigenvalue weighted by Crippen LogP contribution is 2.22. The van der Waals surface area contributed by atoms with Crippen molar-refractivity contribution in [2.75, 3.05) is 12.4 Å². The van der Waals surface area contributed by atoms with Crippen molar-refractivity contribution in [2.45, 2.75) is 13.5 Å². The van der Waals surface area contributed by atoms with Crippen LogP contribution in [0.25, 0.3) is 4.96 Å². The van der Waals surface area contributed by atoms with Gasteiger partial charge in [0.15, 0.2) is 4.96 Å². The molecule has 0 saturated carbocycles. The van der Waals surface area contributed by atoms with Crippen LogP contribution < -0.4 is 10.9 Å². The van der Waals surface area contributed by atoms with Crippen LogP contribution in [0.5, 0.6) is 0 Å². The highest BCUT2D eigenvalue weighted by Gasteiger charge is 2.13. The van der Waals surface area contributed by atoms with Crippen LogP contribution in [-0.2, 0) is 11.3 Å². The first-order valence-electron chi connectivity index (χ1n) is 7.07. The smallest absolute Gasteiger partial charge is 0.338 e. The van der Waals surface area contributed by atoms with Gasteiger partial charge in [0.05, 0.1) is 24.9 Å². The van der Waals surface area contributed by atoms with E-state index in [1.54, 1.807) is 18.5 Å². The molecule has 3 aromatic rings. The van der Waals surface area contributed by atoms with Gasteiger partial charge in [0, 0.05) is 28.9 Å². The summed E-state index contributed by atoms with van der Waals surface area (Å²) in [6.45, 7) is 1.83. The minimum absolute atomic E-state index is 0.116. The van der Waals surface area contributed by atoms with Crippen molar-refractivity contribution < 1.29 is 13.9 Å². The monoisotopic (exact) mass is 347 g/mol. The Morgan fingerprint density at radius 2 is 2.21 bits per heavy atom. The molecule has 0 fully saturated rings. The van der Waals surface area contributed by atoms with Crippen LogP contribution in [0.3, 0.4) is 0 Å². The van der Waals surface area contributed by atoms with Crippen LogP contribution >= 0.6 is 11.3 Å². The van der Waals surface area contributed by atoms with Gasteiger partial charge in [-0.15, -0.1) is 11.3 Å². The molecule has 0 spiro atoms. The Hall–Kier alpha value is -2.74. The van der Waals surface area contributed by atoms with E-state index in [9.17, 15) is 14.0 Å². The summed E-state index contributed by atoms with van der Waals surface area (Å²) in [5.41, 5.74) is 1.29. The number of nitrogens with one attached hydrogen (secondary N) is 1. The summed E-state index contributed by atoms with van der Waals surface area (Å²) in [6.07, 6.45) is 1.66. The lowest BCUT2D eigenvalue weighted by molar-refractivity contribution is 0.0600. The zero-order valence-corrected chi connectivity index (χ0v) is 13.8. The maximum absolute atomic E-state index is 14.0. The fourth-order valence-corrected chi connectivity index (χ4v) is 3.00. The Kier molecular flexibility index (Phi) is 4.30. The van der Waals surface area contributed by atoms with Gasteiger partial charge in [-0.3, -0.25) is 9.20 Å². The molecule has 0 aliphatic carbocycles. The molecular formula is C16H14FN3O3S. The van der Waals surface area contributed by atoms with Crippen LogP contribution in [0.2, 0.25) is 0 Å². The van der Waals surface area contributed by atoms with Gasteiger partial charge in [-0.25, -0.2) is 14.2 Å². The van der Waals surface area contributed by atoms with E-state index in [-0.39, 0.29) is 17.7 Å². The number of esters is 1. The summed E-state index contributed by atoms with van der Waals surface area (Å²) in [5, 5.41) is 4.80. The van der Waals surface area contributed by atoms with Crippen molar-refractivity contribution in [3.63, 3.8) is 0 Å². The third-order valence-electron chi connectivity index (χ3n) is 3.58. The van der Waals surface area contributed by atoms with Crippen LogP contribution in [0.1, 0.15) is 21.6 Å². The molecule has 24 heavy (non-hydrogen) atoms. The fraction of sp³-hybridized carbons (Fsp3) is 0.188. The van der Waals surface area contributed by atoms with Crippen LogP contribution in [-0.4, -0.2) is 22.5 Å². The molecule has 124 valence electrons. The summed E-state index contributed by atoms with van der Waals surface area (Å²) >= 11 is 1.36. The number of anilines is 1. The summed E-state index contributed by atoms with van der Waals surface area (Å²) < 4.78 is 20.0. The Bertz CT molecular complexity index is 980. The molecule has 6 nitrogen and oxygen atoms in total. The van der Waals surface area contributed by atoms with E-state index in [0.717, 1.165) is 6.07 Å². The molecule has 2 aromatic heterocycles. The van der Waals surface area contributed by atoms with E-state index in [1.807, 2.05) is 0 Å². The van der Waals surface area contributed by atoms with Gasteiger partial charge in [0.25, 0.3) is 5.56 Å². The maximum Gasteiger partial charge on any atom is 0.338 e. The second-order valence-electron chi connectivity index (χ2n) is 5.12. The summed E-state index contributed by atoms with van der Waals surface area (Å²) in [6, 6.07) is 4.07. The van der Waals surface area contributed by atoms with Gasteiger partial charge in [0.2, 0.25) is 0 Å². The van der Waals surface area contributed by atoms with Crippen molar-refractivity contribution in [3.05, 3.63) is 62.8 Å². The summed E-state index contributed by atoms with van der Waals surface area (Å²) in [4.78, 5) is 28.5. The SMILES string of the molecule is COC(=O)c1cc(F)c(C)c(NCc2cc(=O)n3ccsc3n2)c1. The fourth-order valence-electron chi connectivity index (χ4n) is 2.26. The van der Waals surface area contributed by atoms with Crippen molar-refractivity contribution in [1.29, 1.82) is 0 Å². The lowest BCUT2D eigenvalue weighted by atomic mass is 10.1. The highest BCUT2D eigenvalue weighted by atomic mass is 32.1. The molecule has 1 N–H and O–H groups in total. The number of hydrogen-bond acceptors (Lipinski definition) is 6. The molecule has 1 aromatic carbocycles. The summed E-state index contributed by atoms with van der Waals surface area (Å²) in [5.74, 6) is -1.13. The van der Waals surface area contributed by atoms with Crippen LogP contribution in [0.4, 0.5) is 10.1 Å². The van der Waals surface area contributed by atoms with Crippen LogP contribution in [0, 0.1) is 12.7 Å².